The lowest BCUT2D eigenvalue weighted by Gasteiger charge is -2.39. The summed E-state index contributed by atoms with van der Waals surface area (Å²) in [5, 5.41) is 0.344. The number of rotatable bonds is 5. The van der Waals surface area contributed by atoms with E-state index >= 15 is 4.79 Å². The molecule has 1 saturated heterocycles. The van der Waals surface area contributed by atoms with Crippen LogP contribution in [0.2, 0.25) is 10.0 Å². The number of allylic oxidation sites excluding steroid dienone is 2. The molecule has 5 aromatic rings. The molecular weight excluding hydrogens is 601 g/mol. The van der Waals surface area contributed by atoms with Gasteiger partial charge in [0.15, 0.2) is 5.78 Å². The molecule has 45 heavy (non-hydrogen) atoms. The van der Waals surface area contributed by atoms with Crippen molar-refractivity contribution in [3.8, 4) is 0 Å². The normalized spacial score (nSPS) is 25.3. The van der Waals surface area contributed by atoms with Crippen LogP contribution >= 0.6 is 23.2 Å². The maximum Gasteiger partial charge on any atom is 0.239 e. The van der Waals surface area contributed by atoms with Crippen molar-refractivity contribution < 1.29 is 14.4 Å². The molecule has 6 heteroatoms. The zero-order chi connectivity index (χ0) is 30.9. The second-order valence-corrected chi connectivity index (χ2v) is 12.5. The van der Waals surface area contributed by atoms with Gasteiger partial charge >= 0.3 is 0 Å². The van der Waals surface area contributed by atoms with Crippen LogP contribution in [0.1, 0.15) is 22.3 Å². The third kappa shape index (κ3) is 3.47. The van der Waals surface area contributed by atoms with Gasteiger partial charge in [0.1, 0.15) is 0 Å². The average molecular weight is 627 g/mol. The standard InChI is InChI=1S/C39H25Cl2NO3/c40-28-22-13-23-29(34(28)41)42-35(43)32-33(36(42)44)39(27-20-11-4-12-21-27)31(25-16-7-2-8-17-25)30(24-14-5-1-6-15-24)38(32,37(39)45)26-18-9-3-10-19-26/h1-23,32-33H/t32-,33-,38-,39-/m0/s1. The van der Waals surface area contributed by atoms with Gasteiger partial charge in [0.05, 0.1) is 38.4 Å². The molecule has 2 bridgehead atoms. The smallest absolute Gasteiger partial charge is 0.239 e. The molecule has 2 aliphatic carbocycles. The van der Waals surface area contributed by atoms with Gasteiger partial charge in [0, 0.05) is 0 Å². The third-order valence-electron chi connectivity index (χ3n) is 9.75. The summed E-state index contributed by atoms with van der Waals surface area (Å²) in [6, 6.07) is 43.4. The van der Waals surface area contributed by atoms with Crippen molar-refractivity contribution in [3.63, 3.8) is 0 Å². The Morgan fingerprint density at radius 2 is 0.889 bits per heavy atom. The molecule has 0 N–H and O–H groups in total. The van der Waals surface area contributed by atoms with E-state index in [9.17, 15) is 9.59 Å². The largest absolute Gasteiger partial charge is 0.297 e. The van der Waals surface area contributed by atoms with Crippen LogP contribution in [0.25, 0.3) is 11.1 Å². The highest BCUT2D eigenvalue weighted by atomic mass is 35.5. The summed E-state index contributed by atoms with van der Waals surface area (Å²) in [4.78, 5) is 47.0. The second-order valence-electron chi connectivity index (χ2n) is 11.7. The minimum absolute atomic E-state index is 0.113. The number of Topliss-reactive ketones (excluding diaryl/α,β-unsaturated/α-hetero) is 1. The molecule has 3 aliphatic rings. The predicted molar refractivity (Wildman–Crippen MR) is 177 cm³/mol. The lowest BCUT2D eigenvalue weighted by atomic mass is 9.59. The molecular formula is C39H25Cl2NO3. The highest BCUT2D eigenvalue weighted by Crippen LogP contribution is 2.74. The first-order valence-corrected chi connectivity index (χ1v) is 15.5. The summed E-state index contributed by atoms with van der Waals surface area (Å²) >= 11 is 13.1. The van der Waals surface area contributed by atoms with E-state index in [0.29, 0.717) is 11.1 Å². The Bertz CT molecular complexity index is 1930. The van der Waals surface area contributed by atoms with Crippen molar-refractivity contribution in [2.45, 2.75) is 10.8 Å². The van der Waals surface area contributed by atoms with Crippen molar-refractivity contribution in [1.82, 2.24) is 0 Å². The Morgan fingerprint density at radius 3 is 1.31 bits per heavy atom. The van der Waals surface area contributed by atoms with Crippen molar-refractivity contribution in [1.29, 1.82) is 0 Å². The lowest BCUT2D eigenvalue weighted by molar-refractivity contribution is -0.130. The number of nitrogens with zero attached hydrogens (tertiary/aromatic N) is 1. The van der Waals surface area contributed by atoms with Crippen LogP contribution in [0.15, 0.2) is 140 Å². The SMILES string of the molecule is O=C1[C@@H]2[C@@H](C(=O)N1c1cccc(Cl)c1Cl)[C@@]1(c3ccccc3)C(=O)[C@@]2(c2ccccc2)C(c2ccccc2)=C1c1ccccc1. The summed E-state index contributed by atoms with van der Waals surface area (Å²) in [6.07, 6.45) is 0. The molecule has 0 spiro atoms. The Morgan fingerprint density at radius 1 is 0.489 bits per heavy atom. The van der Waals surface area contributed by atoms with Gasteiger partial charge < -0.3 is 0 Å². The molecule has 1 saturated carbocycles. The summed E-state index contributed by atoms with van der Waals surface area (Å²) in [6.45, 7) is 0. The van der Waals surface area contributed by atoms with Gasteiger partial charge in [-0.3, -0.25) is 14.4 Å². The summed E-state index contributed by atoms with van der Waals surface area (Å²) < 4.78 is 0. The number of fused-ring (bicyclic) bond motifs is 5. The predicted octanol–water partition coefficient (Wildman–Crippen LogP) is 8.18. The first kappa shape index (κ1) is 27.8. The van der Waals surface area contributed by atoms with Gasteiger partial charge in [-0.1, -0.05) is 151 Å². The summed E-state index contributed by atoms with van der Waals surface area (Å²) in [7, 11) is 0. The van der Waals surface area contributed by atoms with E-state index in [1.165, 1.54) is 4.90 Å². The van der Waals surface area contributed by atoms with Gasteiger partial charge in [0.25, 0.3) is 0 Å². The first-order valence-electron chi connectivity index (χ1n) is 14.8. The Labute approximate surface area is 270 Å². The van der Waals surface area contributed by atoms with E-state index < -0.39 is 34.5 Å². The van der Waals surface area contributed by atoms with Crippen LogP contribution in [0, 0.1) is 11.8 Å². The Balaban J connectivity index is 1.56. The van der Waals surface area contributed by atoms with Gasteiger partial charge in [0.2, 0.25) is 11.8 Å². The Kier molecular flexibility index (Phi) is 6.25. The fourth-order valence-electron chi connectivity index (χ4n) is 8.24. The number of carbonyl (C=O) groups is 3. The number of hydrogen-bond acceptors (Lipinski definition) is 3. The highest BCUT2D eigenvalue weighted by molar-refractivity contribution is 6.46. The minimum Gasteiger partial charge on any atom is -0.297 e. The fourth-order valence-corrected chi connectivity index (χ4v) is 8.62. The van der Waals surface area contributed by atoms with Crippen molar-refractivity contribution in [2.24, 2.45) is 11.8 Å². The molecule has 4 nitrogen and oxygen atoms in total. The molecule has 0 aromatic heterocycles. The van der Waals surface area contributed by atoms with E-state index in [0.717, 1.165) is 22.3 Å². The first-order chi connectivity index (χ1) is 21.9. The maximum absolute atomic E-state index is 15.8. The maximum atomic E-state index is 15.8. The number of imide groups is 1. The topological polar surface area (TPSA) is 54.5 Å². The van der Waals surface area contributed by atoms with Crippen molar-refractivity contribution in [2.75, 3.05) is 4.90 Å². The summed E-state index contributed by atoms with van der Waals surface area (Å²) in [5.41, 5.74) is 1.76. The fraction of sp³-hybridized carbons (Fsp3) is 0.103. The molecule has 5 aromatic carbocycles. The van der Waals surface area contributed by atoms with E-state index in [2.05, 4.69) is 0 Å². The van der Waals surface area contributed by atoms with Gasteiger partial charge in [-0.05, 0) is 45.5 Å². The number of benzene rings is 5. The lowest BCUT2D eigenvalue weighted by Crippen LogP contribution is -2.45. The molecule has 1 heterocycles. The molecule has 1 aliphatic heterocycles. The number of anilines is 1. The van der Waals surface area contributed by atoms with E-state index in [1.807, 2.05) is 121 Å². The van der Waals surface area contributed by atoms with Crippen molar-refractivity contribution in [3.05, 3.63) is 172 Å². The summed E-state index contributed by atoms with van der Waals surface area (Å²) in [5.74, 6) is -3.16. The second kappa shape index (κ2) is 10.1. The molecule has 8 rings (SSSR count). The molecule has 0 radical (unpaired) electrons. The molecule has 0 unspecified atom stereocenters. The van der Waals surface area contributed by atoms with Crippen LogP contribution in [0.5, 0.6) is 0 Å². The quantitative estimate of drug-likeness (QED) is 0.185. The molecule has 218 valence electrons. The minimum atomic E-state index is -1.47. The van der Waals surface area contributed by atoms with Gasteiger partial charge in [-0.15, -0.1) is 0 Å². The Hall–Kier alpha value is -4.77. The van der Waals surface area contributed by atoms with Crippen LogP contribution in [0.3, 0.4) is 0 Å². The number of amides is 2. The van der Waals surface area contributed by atoms with Crippen LogP contribution in [-0.2, 0) is 25.2 Å². The number of ketones is 1. The number of carbonyl (C=O) groups excluding carboxylic acids is 3. The van der Waals surface area contributed by atoms with E-state index in [4.69, 9.17) is 23.2 Å². The average Bonchev–Trinajstić information content (AvgIpc) is 3.60. The van der Waals surface area contributed by atoms with E-state index in [-0.39, 0.29) is 21.5 Å². The third-order valence-corrected chi connectivity index (χ3v) is 10.6. The van der Waals surface area contributed by atoms with Crippen molar-refractivity contribution >= 4 is 57.6 Å². The van der Waals surface area contributed by atoms with E-state index in [1.54, 1.807) is 18.2 Å². The highest BCUT2D eigenvalue weighted by Gasteiger charge is 2.82. The number of hydrogen-bond donors (Lipinski definition) is 0. The molecule has 2 fully saturated rings. The van der Waals surface area contributed by atoms with Gasteiger partial charge in [-0.2, -0.15) is 0 Å². The van der Waals surface area contributed by atoms with Crippen LogP contribution < -0.4 is 4.90 Å². The zero-order valence-electron chi connectivity index (χ0n) is 23.9. The van der Waals surface area contributed by atoms with Crippen LogP contribution in [0.4, 0.5) is 5.69 Å². The van der Waals surface area contributed by atoms with Crippen LogP contribution in [-0.4, -0.2) is 17.6 Å². The van der Waals surface area contributed by atoms with Gasteiger partial charge in [-0.25, -0.2) is 4.90 Å². The zero-order valence-corrected chi connectivity index (χ0v) is 25.4. The monoisotopic (exact) mass is 625 g/mol. The number of halogens is 2. The molecule has 4 atom stereocenters. The molecule has 2 amide bonds.